The van der Waals surface area contributed by atoms with Crippen molar-refractivity contribution >= 4 is 33.0 Å². The first-order valence-electron chi connectivity index (χ1n) is 4.36. The number of ketones is 1. The van der Waals surface area contributed by atoms with Gasteiger partial charge in [-0.05, 0) is 33.8 Å². The van der Waals surface area contributed by atoms with Crippen LogP contribution in [0.4, 0.5) is 0 Å². The van der Waals surface area contributed by atoms with Crippen LogP contribution >= 0.6 is 27.3 Å². The van der Waals surface area contributed by atoms with E-state index in [-0.39, 0.29) is 5.78 Å². The van der Waals surface area contributed by atoms with Crippen molar-refractivity contribution in [3.63, 3.8) is 0 Å². The number of hydrogen-bond acceptors (Lipinski definition) is 3. The summed E-state index contributed by atoms with van der Waals surface area (Å²) < 4.78 is 2.32. The van der Waals surface area contributed by atoms with Crippen molar-refractivity contribution in [2.45, 2.75) is 6.92 Å². The second-order valence-electron chi connectivity index (χ2n) is 3.26. The van der Waals surface area contributed by atoms with Gasteiger partial charge in [-0.2, -0.15) is 16.4 Å². The predicted molar refractivity (Wildman–Crippen MR) is 63.4 cm³/mol. The van der Waals surface area contributed by atoms with E-state index in [1.807, 2.05) is 17.7 Å². The smallest absolute Gasteiger partial charge is 0.213 e. The number of aryl methyl sites for hydroxylation is 2. The van der Waals surface area contributed by atoms with E-state index in [0.29, 0.717) is 5.69 Å². The van der Waals surface area contributed by atoms with Gasteiger partial charge < -0.3 is 0 Å². The first kappa shape index (κ1) is 10.6. The summed E-state index contributed by atoms with van der Waals surface area (Å²) in [5.74, 6) is 0.0145. The van der Waals surface area contributed by atoms with Crippen molar-refractivity contribution in [2.75, 3.05) is 0 Å². The fraction of sp³-hybridized carbons (Fsp3) is 0.200. The standard InChI is InChI=1S/C10H9BrN2OS/c1-6-4-15-5-7(6)10(14)9-8(11)3-12-13(9)2/h3-5H,1-2H3. The van der Waals surface area contributed by atoms with E-state index in [0.717, 1.165) is 15.6 Å². The summed E-state index contributed by atoms with van der Waals surface area (Å²) in [6, 6.07) is 0. The second kappa shape index (κ2) is 3.90. The van der Waals surface area contributed by atoms with Gasteiger partial charge in [0.15, 0.2) is 0 Å². The van der Waals surface area contributed by atoms with Crippen LogP contribution in [0.15, 0.2) is 21.4 Å². The lowest BCUT2D eigenvalue weighted by Crippen LogP contribution is -2.09. The van der Waals surface area contributed by atoms with Gasteiger partial charge in [-0.3, -0.25) is 9.48 Å². The quantitative estimate of drug-likeness (QED) is 0.795. The van der Waals surface area contributed by atoms with Gasteiger partial charge in [0.2, 0.25) is 5.78 Å². The summed E-state index contributed by atoms with van der Waals surface area (Å²) >= 11 is 4.86. The molecule has 3 nitrogen and oxygen atoms in total. The number of rotatable bonds is 2. The molecule has 0 radical (unpaired) electrons. The number of halogens is 1. The zero-order chi connectivity index (χ0) is 11.0. The molecule has 15 heavy (non-hydrogen) atoms. The molecule has 0 aliphatic rings. The molecule has 2 aromatic heterocycles. The van der Waals surface area contributed by atoms with Gasteiger partial charge in [-0.15, -0.1) is 0 Å². The van der Waals surface area contributed by atoms with Crippen molar-refractivity contribution in [3.05, 3.63) is 38.3 Å². The molecule has 5 heteroatoms. The molecule has 2 rings (SSSR count). The van der Waals surface area contributed by atoms with Crippen molar-refractivity contribution in [2.24, 2.45) is 7.05 Å². The minimum absolute atomic E-state index is 0.0145. The van der Waals surface area contributed by atoms with E-state index in [4.69, 9.17) is 0 Å². The maximum atomic E-state index is 12.1. The first-order valence-corrected chi connectivity index (χ1v) is 6.10. The molecule has 0 unspecified atom stereocenters. The molecule has 0 N–H and O–H groups in total. The van der Waals surface area contributed by atoms with Gasteiger partial charge in [0.1, 0.15) is 5.69 Å². The van der Waals surface area contributed by atoms with Gasteiger partial charge in [-0.1, -0.05) is 0 Å². The van der Waals surface area contributed by atoms with Gasteiger partial charge in [0, 0.05) is 18.0 Å². The van der Waals surface area contributed by atoms with Gasteiger partial charge in [0.05, 0.1) is 10.7 Å². The minimum Gasteiger partial charge on any atom is -0.287 e. The zero-order valence-corrected chi connectivity index (χ0v) is 10.7. The lowest BCUT2D eigenvalue weighted by Gasteiger charge is -2.01. The summed E-state index contributed by atoms with van der Waals surface area (Å²) in [4.78, 5) is 12.1. The van der Waals surface area contributed by atoms with Crippen LogP contribution in [0.25, 0.3) is 0 Å². The average molecular weight is 285 g/mol. The summed E-state index contributed by atoms with van der Waals surface area (Å²) in [6.07, 6.45) is 1.63. The topological polar surface area (TPSA) is 34.9 Å². The largest absolute Gasteiger partial charge is 0.287 e. The molecule has 0 aromatic carbocycles. The van der Waals surface area contributed by atoms with Gasteiger partial charge in [0.25, 0.3) is 0 Å². The Morgan fingerprint density at radius 1 is 1.53 bits per heavy atom. The van der Waals surface area contributed by atoms with Crippen LogP contribution in [-0.2, 0) is 7.05 Å². The monoisotopic (exact) mass is 284 g/mol. The first-order chi connectivity index (χ1) is 7.11. The van der Waals surface area contributed by atoms with Crippen LogP contribution in [0.2, 0.25) is 0 Å². The minimum atomic E-state index is 0.0145. The molecular formula is C10H9BrN2OS. The van der Waals surface area contributed by atoms with Crippen LogP contribution < -0.4 is 0 Å². The molecule has 2 aromatic rings. The Bertz CT molecular complexity index is 496. The highest BCUT2D eigenvalue weighted by Gasteiger charge is 2.19. The lowest BCUT2D eigenvalue weighted by molar-refractivity contribution is 0.102. The average Bonchev–Trinajstić information content (AvgIpc) is 2.73. The molecule has 78 valence electrons. The van der Waals surface area contributed by atoms with E-state index in [1.165, 1.54) is 11.3 Å². The summed E-state index contributed by atoms with van der Waals surface area (Å²) in [6.45, 7) is 1.94. The molecule has 0 bridgehead atoms. The van der Waals surface area contributed by atoms with Crippen LogP contribution in [0, 0.1) is 6.92 Å². The molecule has 0 saturated heterocycles. The molecule has 0 amide bonds. The highest BCUT2D eigenvalue weighted by atomic mass is 79.9. The highest BCUT2D eigenvalue weighted by Crippen LogP contribution is 2.22. The van der Waals surface area contributed by atoms with Crippen molar-refractivity contribution in [1.82, 2.24) is 9.78 Å². The molecule has 0 atom stereocenters. The van der Waals surface area contributed by atoms with E-state index >= 15 is 0 Å². The van der Waals surface area contributed by atoms with Gasteiger partial charge >= 0.3 is 0 Å². The molecule has 0 spiro atoms. The Hall–Kier alpha value is -0.940. The number of aromatic nitrogens is 2. The molecule has 0 fully saturated rings. The third kappa shape index (κ3) is 1.77. The third-order valence-corrected chi connectivity index (χ3v) is 3.65. The summed E-state index contributed by atoms with van der Waals surface area (Å²) in [7, 11) is 1.76. The van der Waals surface area contributed by atoms with Gasteiger partial charge in [-0.25, -0.2) is 0 Å². The third-order valence-electron chi connectivity index (χ3n) is 2.21. The fourth-order valence-electron chi connectivity index (χ4n) is 1.39. The lowest BCUT2D eigenvalue weighted by atomic mass is 10.1. The Balaban J connectivity index is 2.50. The van der Waals surface area contributed by atoms with E-state index in [9.17, 15) is 4.79 Å². The molecular weight excluding hydrogens is 276 g/mol. The zero-order valence-electron chi connectivity index (χ0n) is 8.32. The second-order valence-corrected chi connectivity index (χ2v) is 4.86. The highest BCUT2D eigenvalue weighted by molar-refractivity contribution is 9.10. The van der Waals surface area contributed by atoms with Crippen LogP contribution in [0.5, 0.6) is 0 Å². The van der Waals surface area contributed by atoms with E-state index < -0.39 is 0 Å². The Morgan fingerprint density at radius 3 is 2.73 bits per heavy atom. The number of carbonyl (C=O) groups is 1. The Morgan fingerprint density at radius 2 is 2.27 bits per heavy atom. The molecule has 0 aliphatic heterocycles. The maximum absolute atomic E-state index is 12.1. The number of nitrogens with zero attached hydrogens (tertiary/aromatic N) is 2. The van der Waals surface area contributed by atoms with Crippen molar-refractivity contribution in [3.8, 4) is 0 Å². The number of carbonyl (C=O) groups excluding carboxylic acids is 1. The number of hydrogen-bond donors (Lipinski definition) is 0. The predicted octanol–water partition coefficient (Wildman–Crippen LogP) is 2.78. The van der Waals surface area contributed by atoms with Crippen molar-refractivity contribution in [1.29, 1.82) is 0 Å². The summed E-state index contributed by atoms with van der Waals surface area (Å²) in [5.41, 5.74) is 2.36. The fourth-order valence-corrected chi connectivity index (χ4v) is 2.74. The molecule has 2 heterocycles. The molecule has 0 saturated carbocycles. The number of thiophene rings is 1. The SMILES string of the molecule is Cc1cscc1C(=O)c1c(Br)cnn1C. The van der Waals surface area contributed by atoms with Crippen LogP contribution in [0.3, 0.4) is 0 Å². The normalized spacial score (nSPS) is 10.6. The van der Waals surface area contributed by atoms with Crippen LogP contribution in [-0.4, -0.2) is 15.6 Å². The van der Waals surface area contributed by atoms with E-state index in [1.54, 1.807) is 17.9 Å². The Labute approximate surface area is 99.9 Å². The van der Waals surface area contributed by atoms with Crippen molar-refractivity contribution < 1.29 is 4.79 Å². The van der Waals surface area contributed by atoms with E-state index in [2.05, 4.69) is 21.0 Å². The summed E-state index contributed by atoms with van der Waals surface area (Å²) in [5, 5.41) is 7.87. The molecule has 0 aliphatic carbocycles. The maximum Gasteiger partial charge on any atom is 0.213 e. The Kier molecular flexibility index (Phi) is 2.75. The van der Waals surface area contributed by atoms with Crippen LogP contribution in [0.1, 0.15) is 21.6 Å².